The second-order valence-electron chi connectivity index (χ2n) is 1.79. The lowest BCUT2D eigenvalue weighted by atomic mass is 10.4. The average Bonchev–Trinajstić information content (AvgIpc) is 1.96. The fraction of sp³-hybridized carbons (Fsp3) is 0. The molecule has 58 valence electrons. The van der Waals surface area contributed by atoms with E-state index in [9.17, 15) is 9.59 Å². The van der Waals surface area contributed by atoms with Gasteiger partial charge in [0.1, 0.15) is 0 Å². The summed E-state index contributed by atoms with van der Waals surface area (Å²) >= 11 is 8.36. The van der Waals surface area contributed by atoms with Crippen LogP contribution in [0, 0.1) is 0 Å². The monoisotopic (exact) mass is 188 g/mol. The summed E-state index contributed by atoms with van der Waals surface area (Å²) in [5.74, 6) is 0. The van der Waals surface area contributed by atoms with Gasteiger partial charge in [0.15, 0.2) is 0 Å². The third-order valence-corrected chi connectivity index (χ3v) is 1.74. The number of aromatic amines is 2. The van der Waals surface area contributed by atoms with Gasteiger partial charge in [-0.15, -0.1) is 12.6 Å². The van der Waals surface area contributed by atoms with Crippen molar-refractivity contribution in [1.82, 2.24) is 9.97 Å². The molecule has 0 fully saturated rings. The smallest absolute Gasteiger partial charge is 0.306 e. The fourth-order valence-electron chi connectivity index (χ4n) is 0.583. The highest BCUT2D eigenvalue weighted by Gasteiger charge is 2.00. The molecule has 1 aromatic rings. The van der Waals surface area contributed by atoms with Gasteiger partial charge in [0.25, 0.3) is 5.56 Å². The summed E-state index contributed by atoms with van der Waals surface area (Å²) in [4.78, 5) is 25.9. The van der Waals surface area contributed by atoms with Crippen molar-refractivity contribution in [1.29, 1.82) is 0 Å². The minimum atomic E-state index is -0.580. The largest absolute Gasteiger partial charge is 0.326 e. The summed E-state index contributed by atoms with van der Waals surface area (Å²) < 4.78 is 0. The molecule has 1 heterocycles. The molecule has 0 aliphatic heterocycles. The number of thiol groups is 1. The summed E-state index contributed by atoms with van der Waals surface area (Å²) in [6.45, 7) is 0. The number of H-pyrrole nitrogens is 2. The van der Waals surface area contributed by atoms with Crippen molar-refractivity contribution in [3.8, 4) is 0 Å². The van der Waals surface area contributed by atoms with E-state index in [2.05, 4.69) is 29.8 Å². The van der Waals surface area contributed by atoms with Crippen LogP contribution in [0.25, 0.3) is 0 Å². The van der Waals surface area contributed by atoms with Crippen molar-refractivity contribution in [2.24, 2.45) is 0 Å². The summed E-state index contributed by atoms with van der Waals surface area (Å²) in [5, 5.41) is 1.19. The summed E-state index contributed by atoms with van der Waals surface area (Å²) in [6.07, 6.45) is 0. The second kappa shape index (κ2) is 3.02. The molecule has 4 nitrogen and oxygen atoms in total. The zero-order chi connectivity index (χ0) is 8.43. The van der Waals surface area contributed by atoms with Crippen LogP contribution in [0.5, 0.6) is 0 Å². The molecule has 0 unspecified atom stereocenters. The molecule has 0 radical (unpaired) electrons. The Bertz CT molecular complexity index is 392. The van der Waals surface area contributed by atoms with Gasteiger partial charge in [-0.05, 0) is 0 Å². The maximum Gasteiger partial charge on any atom is 0.326 e. The molecule has 11 heavy (non-hydrogen) atoms. The molecule has 2 N–H and O–H groups in total. The summed E-state index contributed by atoms with van der Waals surface area (Å²) in [5.41, 5.74) is -0.853. The van der Waals surface area contributed by atoms with E-state index in [-0.39, 0.29) is 10.6 Å². The zero-order valence-electron chi connectivity index (χ0n) is 5.25. The zero-order valence-corrected chi connectivity index (χ0v) is 6.96. The van der Waals surface area contributed by atoms with E-state index >= 15 is 0 Å². The van der Waals surface area contributed by atoms with Crippen molar-refractivity contribution in [2.45, 2.75) is 4.90 Å². The van der Waals surface area contributed by atoms with E-state index in [1.807, 2.05) is 4.98 Å². The van der Waals surface area contributed by atoms with Crippen LogP contribution in [0.1, 0.15) is 5.69 Å². The lowest BCUT2D eigenvalue weighted by molar-refractivity contribution is 0.972. The van der Waals surface area contributed by atoms with Crippen LogP contribution in [0.3, 0.4) is 0 Å². The highest BCUT2D eigenvalue weighted by Crippen LogP contribution is 1.98. The first-order valence-electron chi connectivity index (χ1n) is 2.66. The predicted molar refractivity (Wildman–Crippen MR) is 47.7 cm³/mol. The first kappa shape index (κ1) is 8.22. The third kappa shape index (κ3) is 1.58. The fourth-order valence-corrected chi connectivity index (χ4v) is 1.02. The van der Waals surface area contributed by atoms with Crippen LogP contribution in [-0.2, 0) is 0 Å². The van der Waals surface area contributed by atoms with E-state index in [1.165, 1.54) is 5.37 Å². The summed E-state index contributed by atoms with van der Waals surface area (Å²) in [6, 6.07) is 0. The Kier molecular flexibility index (Phi) is 2.25. The van der Waals surface area contributed by atoms with Crippen LogP contribution < -0.4 is 11.2 Å². The molecule has 0 aliphatic carbocycles. The maximum atomic E-state index is 10.8. The van der Waals surface area contributed by atoms with Gasteiger partial charge in [-0.2, -0.15) is 0 Å². The highest BCUT2D eigenvalue weighted by atomic mass is 32.1. The molecule has 0 saturated carbocycles. The Labute approximate surface area is 72.1 Å². The van der Waals surface area contributed by atoms with Crippen molar-refractivity contribution >= 4 is 30.2 Å². The van der Waals surface area contributed by atoms with Gasteiger partial charge < -0.3 is 4.98 Å². The van der Waals surface area contributed by atoms with Crippen LogP contribution in [0.2, 0.25) is 0 Å². The van der Waals surface area contributed by atoms with Crippen molar-refractivity contribution < 1.29 is 0 Å². The van der Waals surface area contributed by atoms with E-state index < -0.39 is 11.2 Å². The van der Waals surface area contributed by atoms with E-state index in [1.54, 1.807) is 0 Å². The van der Waals surface area contributed by atoms with Crippen LogP contribution >= 0.6 is 24.8 Å². The molecular weight excluding hydrogens is 184 g/mol. The minimum absolute atomic E-state index is 0.125. The number of hydrogen-bond donors (Lipinski definition) is 3. The first-order valence-corrected chi connectivity index (χ1v) is 3.57. The maximum absolute atomic E-state index is 10.8. The molecule has 1 rings (SSSR count). The number of nitrogens with one attached hydrogen (secondary N) is 2. The standard InChI is InChI=1S/C5H4N2O2S2/c8-4-3(11)2(1-10)6-5(9)7-4/h1,11H,(H2,6,7,8,9). The van der Waals surface area contributed by atoms with Crippen molar-refractivity contribution in [3.63, 3.8) is 0 Å². The van der Waals surface area contributed by atoms with Gasteiger partial charge in [0, 0.05) is 5.37 Å². The van der Waals surface area contributed by atoms with E-state index in [4.69, 9.17) is 0 Å². The second-order valence-corrected chi connectivity index (χ2v) is 2.47. The number of thiocarbonyl (C=S) groups is 1. The van der Waals surface area contributed by atoms with E-state index in [0.29, 0.717) is 0 Å². The van der Waals surface area contributed by atoms with Gasteiger partial charge in [0.2, 0.25) is 0 Å². The Balaban J connectivity index is 3.61. The number of hydrogen-bond acceptors (Lipinski definition) is 4. The number of rotatable bonds is 1. The molecule has 0 atom stereocenters. The van der Waals surface area contributed by atoms with Crippen molar-refractivity contribution in [3.05, 3.63) is 26.5 Å². The van der Waals surface area contributed by atoms with Gasteiger partial charge in [-0.1, -0.05) is 12.2 Å². The molecule has 1 aromatic heterocycles. The van der Waals surface area contributed by atoms with Gasteiger partial charge in [-0.25, -0.2) is 4.79 Å². The van der Waals surface area contributed by atoms with Gasteiger partial charge in [0.05, 0.1) is 10.6 Å². The molecule has 0 bridgehead atoms. The van der Waals surface area contributed by atoms with E-state index in [0.717, 1.165) is 0 Å². The SMILES string of the molecule is O=c1[nH]c(C=S)c(S)c(=O)[nH]1. The molecule has 0 saturated heterocycles. The van der Waals surface area contributed by atoms with Crippen LogP contribution in [0.4, 0.5) is 0 Å². The lowest BCUT2D eigenvalue weighted by Crippen LogP contribution is -2.24. The van der Waals surface area contributed by atoms with Gasteiger partial charge >= 0.3 is 5.69 Å². The molecule has 0 aliphatic rings. The third-order valence-electron chi connectivity index (χ3n) is 1.06. The quantitative estimate of drug-likeness (QED) is 0.419. The highest BCUT2D eigenvalue weighted by molar-refractivity contribution is 7.81. The first-order chi connectivity index (χ1) is 5.15. The van der Waals surface area contributed by atoms with Crippen molar-refractivity contribution in [2.75, 3.05) is 0 Å². The molecule has 0 spiro atoms. The Morgan fingerprint density at radius 2 is 2.00 bits per heavy atom. The van der Waals surface area contributed by atoms with Crippen LogP contribution in [0.15, 0.2) is 14.5 Å². The Hall–Kier alpha value is -0.880. The molecule has 0 amide bonds. The molecule has 0 aromatic carbocycles. The number of aromatic nitrogens is 2. The topological polar surface area (TPSA) is 65.7 Å². The Morgan fingerprint density at radius 3 is 2.55 bits per heavy atom. The average molecular weight is 188 g/mol. The van der Waals surface area contributed by atoms with Crippen LogP contribution in [-0.4, -0.2) is 15.3 Å². The molecular formula is C5H4N2O2S2. The minimum Gasteiger partial charge on any atom is -0.306 e. The predicted octanol–water partition coefficient (Wildman–Crippen LogP) is -0.300. The lowest BCUT2D eigenvalue weighted by Gasteiger charge is -1.93. The summed E-state index contributed by atoms with van der Waals surface area (Å²) in [7, 11) is 0. The van der Waals surface area contributed by atoms with Gasteiger partial charge in [-0.3, -0.25) is 9.78 Å². The Morgan fingerprint density at radius 1 is 1.36 bits per heavy atom. The normalized spacial score (nSPS) is 9.55. The molecule has 6 heteroatoms.